The molecule has 4 nitrogen and oxygen atoms in total. The second kappa shape index (κ2) is 5.30. The Morgan fingerprint density at radius 3 is 2.76 bits per heavy atom. The molecule has 1 aromatic heterocycles. The Labute approximate surface area is 125 Å². The highest BCUT2D eigenvalue weighted by atomic mass is 32.2. The van der Waals surface area contributed by atoms with E-state index < -0.39 is 9.84 Å². The summed E-state index contributed by atoms with van der Waals surface area (Å²) in [4.78, 5) is 0.408. The van der Waals surface area contributed by atoms with E-state index in [1.54, 1.807) is 13.0 Å². The molecule has 0 atom stereocenters. The van der Waals surface area contributed by atoms with Crippen molar-refractivity contribution in [3.63, 3.8) is 0 Å². The molecule has 0 radical (unpaired) electrons. The standard InChI is InChI=1S/C16H19NO3S/c1-3-16-15(11(2)20-17-16)10-21(18,19)14-8-7-12-5-4-6-13(12)9-14/h7-9H,3-6,10H2,1-2H3. The van der Waals surface area contributed by atoms with Crippen LogP contribution < -0.4 is 0 Å². The molecule has 1 aliphatic rings. The summed E-state index contributed by atoms with van der Waals surface area (Å²) >= 11 is 0. The number of hydrogen-bond donors (Lipinski definition) is 0. The molecule has 0 unspecified atom stereocenters. The second-order valence-electron chi connectivity index (χ2n) is 5.56. The molecule has 0 bridgehead atoms. The second-order valence-corrected chi connectivity index (χ2v) is 7.55. The van der Waals surface area contributed by atoms with E-state index in [1.165, 1.54) is 11.1 Å². The quantitative estimate of drug-likeness (QED) is 0.871. The van der Waals surface area contributed by atoms with Crippen molar-refractivity contribution in [1.82, 2.24) is 5.16 Å². The molecule has 0 saturated carbocycles. The smallest absolute Gasteiger partial charge is 0.182 e. The lowest BCUT2D eigenvalue weighted by atomic mass is 10.1. The zero-order chi connectivity index (χ0) is 15.0. The third-order valence-electron chi connectivity index (χ3n) is 4.16. The lowest BCUT2D eigenvalue weighted by Gasteiger charge is -2.07. The fourth-order valence-corrected chi connectivity index (χ4v) is 4.43. The summed E-state index contributed by atoms with van der Waals surface area (Å²) in [5, 5.41) is 3.93. The molecule has 0 saturated heterocycles. The van der Waals surface area contributed by atoms with E-state index in [4.69, 9.17) is 4.52 Å². The minimum absolute atomic E-state index is 0.0374. The molecule has 0 aliphatic heterocycles. The van der Waals surface area contributed by atoms with Crippen LogP contribution in [-0.4, -0.2) is 13.6 Å². The van der Waals surface area contributed by atoms with Crippen molar-refractivity contribution in [2.24, 2.45) is 0 Å². The number of fused-ring (bicyclic) bond motifs is 1. The van der Waals surface area contributed by atoms with Crippen LogP contribution in [0.4, 0.5) is 0 Å². The molecule has 3 rings (SSSR count). The van der Waals surface area contributed by atoms with Gasteiger partial charge in [0.1, 0.15) is 5.76 Å². The molecular formula is C16H19NO3S. The Morgan fingerprint density at radius 2 is 2.00 bits per heavy atom. The Morgan fingerprint density at radius 1 is 1.24 bits per heavy atom. The SMILES string of the molecule is CCc1noc(C)c1CS(=O)(=O)c1ccc2c(c1)CCC2. The lowest BCUT2D eigenvalue weighted by molar-refractivity contribution is 0.390. The monoisotopic (exact) mass is 305 g/mol. The molecule has 0 fully saturated rings. The molecule has 0 N–H and O–H groups in total. The summed E-state index contributed by atoms with van der Waals surface area (Å²) < 4.78 is 30.4. The maximum Gasteiger partial charge on any atom is 0.182 e. The zero-order valence-electron chi connectivity index (χ0n) is 12.3. The maximum absolute atomic E-state index is 12.7. The number of rotatable bonds is 4. The largest absolute Gasteiger partial charge is 0.361 e. The summed E-state index contributed by atoms with van der Waals surface area (Å²) in [6.45, 7) is 3.71. The van der Waals surface area contributed by atoms with Gasteiger partial charge in [-0.25, -0.2) is 8.42 Å². The third kappa shape index (κ3) is 2.62. The van der Waals surface area contributed by atoms with E-state index in [1.807, 2.05) is 19.1 Å². The molecule has 5 heteroatoms. The van der Waals surface area contributed by atoms with Crippen LogP contribution in [0.5, 0.6) is 0 Å². The van der Waals surface area contributed by atoms with E-state index in [9.17, 15) is 8.42 Å². The molecule has 112 valence electrons. The van der Waals surface area contributed by atoms with Gasteiger partial charge in [-0.15, -0.1) is 0 Å². The number of nitrogens with zero attached hydrogens (tertiary/aromatic N) is 1. The van der Waals surface area contributed by atoms with Crippen LogP contribution in [0.3, 0.4) is 0 Å². The lowest BCUT2D eigenvalue weighted by Crippen LogP contribution is -2.07. The highest BCUT2D eigenvalue weighted by molar-refractivity contribution is 7.90. The highest BCUT2D eigenvalue weighted by Crippen LogP contribution is 2.27. The van der Waals surface area contributed by atoms with Gasteiger partial charge < -0.3 is 4.52 Å². The summed E-state index contributed by atoms with van der Waals surface area (Å²) in [5.41, 5.74) is 3.90. The van der Waals surface area contributed by atoms with Gasteiger partial charge in [-0.2, -0.15) is 0 Å². The van der Waals surface area contributed by atoms with Crippen LogP contribution in [0.2, 0.25) is 0 Å². The van der Waals surface area contributed by atoms with Crippen molar-refractivity contribution in [1.29, 1.82) is 0 Å². The van der Waals surface area contributed by atoms with Crippen molar-refractivity contribution < 1.29 is 12.9 Å². The van der Waals surface area contributed by atoms with Gasteiger partial charge in [0.2, 0.25) is 0 Å². The normalized spacial score (nSPS) is 14.4. The molecular weight excluding hydrogens is 286 g/mol. The van der Waals surface area contributed by atoms with Gasteiger partial charge in [-0.1, -0.05) is 18.1 Å². The Bertz CT molecular complexity index is 775. The van der Waals surface area contributed by atoms with E-state index in [-0.39, 0.29) is 5.75 Å². The van der Waals surface area contributed by atoms with Gasteiger partial charge in [-0.05, 0) is 55.9 Å². The maximum atomic E-state index is 12.7. The first-order valence-corrected chi connectivity index (χ1v) is 8.95. The first kappa shape index (κ1) is 14.3. The van der Waals surface area contributed by atoms with E-state index in [2.05, 4.69) is 5.16 Å². The van der Waals surface area contributed by atoms with Crippen LogP contribution in [-0.2, 0) is 34.9 Å². The molecule has 0 amide bonds. The average molecular weight is 305 g/mol. The van der Waals surface area contributed by atoms with Crippen molar-refractivity contribution in [3.8, 4) is 0 Å². The van der Waals surface area contributed by atoms with Gasteiger partial charge >= 0.3 is 0 Å². The first-order valence-electron chi connectivity index (χ1n) is 7.30. The molecule has 0 spiro atoms. The predicted molar refractivity (Wildman–Crippen MR) is 80.0 cm³/mol. The van der Waals surface area contributed by atoms with Crippen molar-refractivity contribution >= 4 is 9.84 Å². The Kier molecular flexibility index (Phi) is 3.61. The zero-order valence-corrected chi connectivity index (χ0v) is 13.2. The van der Waals surface area contributed by atoms with Gasteiger partial charge in [-0.3, -0.25) is 0 Å². The predicted octanol–water partition coefficient (Wildman–Crippen LogP) is 3.01. The number of benzene rings is 1. The summed E-state index contributed by atoms with van der Waals surface area (Å²) in [6, 6.07) is 5.52. The Balaban J connectivity index is 1.95. The van der Waals surface area contributed by atoms with E-state index in [0.29, 0.717) is 22.6 Å². The number of hydrogen-bond acceptors (Lipinski definition) is 4. The van der Waals surface area contributed by atoms with E-state index in [0.717, 1.165) is 25.0 Å². The number of aryl methyl sites for hydroxylation is 4. The van der Waals surface area contributed by atoms with E-state index >= 15 is 0 Å². The summed E-state index contributed by atoms with van der Waals surface area (Å²) in [5.74, 6) is 0.557. The molecule has 2 aromatic rings. The number of aromatic nitrogens is 1. The Hall–Kier alpha value is -1.62. The highest BCUT2D eigenvalue weighted by Gasteiger charge is 2.23. The third-order valence-corrected chi connectivity index (χ3v) is 5.81. The summed E-state index contributed by atoms with van der Waals surface area (Å²) in [6.07, 6.45) is 3.82. The van der Waals surface area contributed by atoms with Crippen LogP contribution in [0.1, 0.15) is 41.5 Å². The van der Waals surface area contributed by atoms with Crippen LogP contribution >= 0.6 is 0 Å². The molecule has 1 aliphatic carbocycles. The molecule has 1 aromatic carbocycles. The topological polar surface area (TPSA) is 60.2 Å². The van der Waals surface area contributed by atoms with Crippen molar-refractivity contribution in [2.75, 3.05) is 0 Å². The van der Waals surface area contributed by atoms with Crippen LogP contribution in [0.25, 0.3) is 0 Å². The minimum atomic E-state index is -3.36. The summed E-state index contributed by atoms with van der Waals surface area (Å²) in [7, 11) is -3.36. The van der Waals surface area contributed by atoms with Gasteiger partial charge in [0.05, 0.1) is 16.3 Å². The molecule has 1 heterocycles. The van der Waals surface area contributed by atoms with Crippen LogP contribution in [0, 0.1) is 6.92 Å². The minimum Gasteiger partial charge on any atom is -0.361 e. The van der Waals surface area contributed by atoms with Crippen LogP contribution in [0.15, 0.2) is 27.6 Å². The fourth-order valence-electron chi connectivity index (χ4n) is 2.91. The van der Waals surface area contributed by atoms with Crippen molar-refractivity contribution in [3.05, 3.63) is 46.3 Å². The van der Waals surface area contributed by atoms with Crippen molar-refractivity contribution in [2.45, 2.75) is 50.2 Å². The number of sulfone groups is 1. The first-order chi connectivity index (χ1) is 10.0. The average Bonchev–Trinajstić information content (AvgIpc) is 3.05. The van der Waals surface area contributed by atoms with Gasteiger partial charge in [0, 0.05) is 5.56 Å². The molecule has 21 heavy (non-hydrogen) atoms. The van der Waals surface area contributed by atoms with Gasteiger partial charge in [0.15, 0.2) is 9.84 Å². The fraction of sp³-hybridized carbons (Fsp3) is 0.438. The van der Waals surface area contributed by atoms with Gasteiger partial charge in [0.25, 0.3) is 0 Å².